The minimum Gasteiger partial charge on any atom is -0.399 e. The number of hydrogen-bond acceptors (Lipinski definition) is 6. The SMILES string of the molecule is CC1(C)OB(c2ccccc2NC(=O)CCCCC(=O)Nc2ccccc2B2OC(C)(C)C(C)(C)O2)OC1(C)C. The molecule has 2 N–H and O–H groups in total. The van der Waals surface area contributed by atoms with Gasteiger partial charge in [-0.05, 0) is 80.4 Å². The van der Waals surface area contributed by atoms with E-state index in [9.17, 15) is 9.59 Å². The Morgan fingerprint density at radius 2 is 0.875 bits per heavy atom. The number of carbonyl (C=O) groups excluding carboxylic acids is 2. The van der Waals surface area contributed by atoms with Gasteiger partial charge in [0, 0.05) is 35.1 Å². The minimum absolute atomic E-state index is 0.115. The molecular weight excluding hydrogens is 506 g/mol. The quantitative estimate of drug-likeness (QED) is 0.356. The molecule has 0 aromatic heterocycles. The Hall–Kier alpha value is -2.65. The number of para-hydroxylation sites is 2. The Balaban J connectivity index is 1.26. The third-order valence-electron chi connectivity index (χ3n) is 8.54. The number of carbonyl (C=O) groups is 2. The van der Waals surface area contributed by atoms with Crippen LogP contribution in [0.4, 0.5) is 11.4 Å². The van der Waals surface area contributed by atoms with E-state index in [-0.39, 0.29) is 11.8 Å². The smallest absolute Gasteiger partial charge is 0.399 e. The van der Waals surface area contributed by atoms with Crippen LogP contribution in [0.3, 0.4) is 0 Å². The third-order valence-corrected chi connectivity index (χ3v) is 8.54. The Kier molecular flexibility index (Phi) is 8.58. The highest BCUT2D eigenvalue weighted by molar-refractivity contribution is 6.64. The molecular formula is C30H42B2N2O6. The van der Waals surface area contributed by atoms with Crippen molar-refractivity contribution in [2.24, 2.45) is 0 Å². The first-order valence-electron chi connectivity index (χ1n) is 14.1. The summed E-state index contributed by atoms with van der Waals surface area (Å²) in [5.41, 5.74) is 1.02. The van der Waals surface area contributed by atoms with Crippen LogP contribution in [0.25, 0.3) is 0 Å². The van der Waals surface area contributed by atoms with Crippen molar-refractivity contribution in [1.29, 1.82) is 0 Å². The van der Waals surface area contributed by atoms with Crippen molar-refractivity contribution in [3.8, 4) is 0 Å². The van der Waals surface area contributed by atoms with Crippen molar-refractivity contribution >= 4 is 48.4 Å². The summed E-state index contributed by atoms with van der Waals surface area (Å²) >= 11 is 0. The zero-order chi connectivity index (χ0) is 29.3. The van der Waals surface area contributed by atoms with Gasteiger partial charge in [0.25, 0.3) is 0 Å². The topological polar surface area (TPSA) is 95.1 Å². The lowest BCUT2D eigenvalue weighted by Crippen LogP contribution is -2.41. The molecule has 0 unspecified atom stereocenters. The van der Waals surface area contributed by atoms with Gasteiger partial charge in [-0.2, -0.15) is 0 Å². The van der Waals surface area contributed by atoms with Crippen LogP contribution in [-0.4, -0.2) is 48.5 Å². The van der Waals surface area contributed by atoms with Crippen molar-refractivity contribution < 1.29 is 28.2 Å². The van der Waals surface area contributed by atoms with E-state index in [4.69, 9.17) is 18.6 Å². The molecule has 2 saturated heterocycles. The highest BCUT2D eigenvalue weighted by atomic mass is 16.7. The van der Waals surface area contributed by atoms with Crippen LogP contribution in [0.1, 0.15) is 81.1 Å². The van der Waals surface area contributed by atoms with E-state index in [1.807, 2.05) is 104 Å². The summed E-state index contributed by atoms with van der Waals surface area (Å²) in [6.45, 7) is 16.0. The standard InChI is InChI=1S/C30H42B2N2O6/c1-27(2)28(3,4)38-31(37-27)21-15-9-11-17-23(21)33-25(35)19-13-14-20-26(36)34-24-18-12-10-16-22(24)32-39-29(5,6)30(7,8)40-32/h9-12,15-18H,13-14,19-20H2,1-8H3,(H,33,35)(H,34,36). The maximum Gasteiger partial charge on any atom is 0.496 e. The fraction of sp³-hybridized carbons (Fsp3) is 0.533. The molecule has 8 nitrogen and oxygen atoms in total. The maximum atomic E-state index is 12.7. The second-order valence-corrected chi connectivity index (χ2v) is 12.7. The summed E-state index contributed by atoms with van der Waals surface area (Å²) in [6, 6.07) is 15.1. The van der Waals surface area contributed by atoms with Crippen LogP contribution in [-0.2, 0) is 28.2 Å². The first-order chi connectivity index (χ1) is 18.6. The molecule has 0 atom stereocenters. The molecule has 0 radical (unpaired) electrons. The predicted octanol–water partition coefficient (Wildman–Crippen LogP) is 4.42. The van der Waals surface area contributed by atoms with Gasteiger partial charge < -0.3 is 29.3 Å². The fourth-order valence-electron chi connectivity index (χ4n) is 4.57. The average Bonchev–Trinajstić information content (AvgIpc) is 3.21. The predicted molar refractivity (Wildman–Crippen MR) is 160 cm³/mol. The molecule has 2 heterocycles. The van der Waals surface area contributed by atoms with E-state index in [2.05, 4.69) is 10.6 Å². The molecule has 2 amide bonds. The molecule has 0 bridgehead atoms. The van der Waals surface area contributed by atoms with Crippen molar-refractivity contribution in [3.05, 3.63) is 48.5 Å². The molecule has 4 rings (SSSR count). The van der Waals surface area contributed by atoms with Gasteiger partial charge in [-0.25, -0.2) is 0 Å². The van der Waals surface area contributed by atoms with Crippen LogP contribution in [0.2, 0.25) is 0 Å². The third kappa shape index (κ3) is 6.46. The lowest BCUT2D eigenvalue weighted by atomic mass is 9.77. The lowest BCUT2D eigenvalue weighted by molar-refractivity contribution is -0.118. The maximum absolute atomic E-state index is 12.7. The average molecular weight is 548 g/mol. The minimum atomic E-state index is -0.565. The van der Waals surface area contributed by atoms with Gasteiger partial charge >= 0.3 is 14.2 Å². The Bertz CT molecular complexity index is 1120. The molecule has 2 aromatic rings. The molecule has 0 spiro atoms. The second-order valence-electron chi connectivity index (χ2n) is 12.7. The van der Waals surface area contributed by atoms with Crippen molar-refractivity contribution in [3.63, 3.8) is 0 Å². The summed E-state index contributed by atoms with van der Waals surface area (Å²) in [7, 11) is -1.13. The van der Waals surface area contributed by atoms with Gasteiger partial charge in [0.15, 0.2) is 0 Å². The first-order valence-corrected chi connectivity index (χ1v) is 14.1. The normalized spacial score (nSPS) is 20.4. The van der Waals surface area contributed by atoms with Gasteiger partial charge in [0.05, 0.1) is 22.4 Å². The molecule has 2 aromatic carbocycles. The summed E-state index contributed by atoms with van der Waals surface area (Å²) in [4.78, 5) is 25.5. The molecule has 2 aliphatic rings. The second kappa shape index (κ2) is 11.3. The van der Waals surface area contributed by atoms with E-state index >= 15 is 0 Å². The number of rotatable bonds is 9. The van der Waals surface area contributed by atoms with Gasteiger partial charge in [0.2, 0.25) is 11.8 Å². The molecule has 0 aliphatic carbocycles. The number of amides is 2. The number of hydrogen-bond donors (Lipinski definition) is 2. The highest BCUT2D eigenvalue weighted by Gasteiger charge is 2.53. The Morgan fingerprint density at radius 3 is 1.20 bits per heavy atom. The summed E-state index contributed by atoms with van der Waals surface area (Å²) in [6.07, 6.45) is 1.76. The summed E-state index contributed by atoms with van der Waals surface area (Å²) < 4.78 is 24.7. The molecule has 2 fully saturated rings. The Labute approximate surface area is 239 Å². The molecule has 0 saturated carbocycles. The molecule has 2 aliphatic heterocycles. The van der Waals surface area contributed by atoms with Crippen LogP contribution >= 0.6 is 0 Å². The van der Waals surface area contributed by atoms with E-state index in [0.29, 0.717) is 37.1 Å². The summed E-state index contributed by atoms with van der Waals surface area (Å²) in [5, 5.41) is 5.99. The van der Waals surface area contributed by atoms with Crippen LogP contribution in [0, 0.1) is 0 Å². The van der Waals surface area contributed by atoms with E-state index in [0.717, 1.165) is 10.9 Å². The van der Waals surface area contributed by atoms with Crippen molar-refractivity contribution in [1.82, 2.24) is 0 Å². The van der Waals surface area contributed by atoms with E-state index in [1.165, 1.54) is 0 Å². The van der Waals surface area contributed by atoms with Gasteiger partial charge in [0.1, 0.15) is 0 Å². The van der Waals surface area contributed by atoms with Crippen molar-refractivity contribution in [2.75, 3.05) is 10.6 Å². The first kappa shape index (κ1) is 30.3. The van der Waals surface area contributed by atoms with Gasteiger partial charge in [-0.1, -0.05) is 36.4 Å². The van der Waals surface area contributed by atoms with Gasteiger partial charge in [-0.3, -0.25) is 9.59 Å². The van der Waals surface area contributed by atoms with Crippen LogP contribution in [0.5, 0.6) is 0 Å². The zero-order valence-corrected chi connectivity index (χ0v) is 25.1. The molecule has 10 heteroatoms. The van der Waals surface area contributed by atoms with E-state index < -0.39 is 36.6 Å². The summed E-state index contributed by atoms with van der Waals surface area (Å²) in [5.74, 6) is -0.231. The molecule has 40 heavy (non-hydrogen) atoms. The highest BCUT2D eigenvalue weighted by Crippen LogP contribution is 2.38. The largest absolute Gasteiger partial charge is 0.496 e. The molecule has 214 valence electrons. The van der Waals surface area contributed by atoms with Gasteiger partial charge in [-0.15, -0.1) is 0 Å². The number of anilines is 2. The van der Waals surface area contributed by atoms with Crippen molar-refractivity contribution in [2.45, 2.75) is 103 Å². The van der Waals surface area contributed by atoms with Crippen LogP contribution in [0.15, 0.2) is 48.5 Å². The number of nitrogens with one attached hydrogen (secondary N) is 2. The monoisotopic (exact) mass is 548 g/mol. The number of unbranched alkanes of at least 4 members (excludes halogenated alkanes) is 1. The Morgan fingerprint density at radius 1 is 0.575 bits per heavy atom. The fourth-order valence-corrected chi connectivity index (χ4v) is 4.57. The lowest BCUT2D eigenvalue weighted by Gasteiger charge is -2.32. The zero-order valence-electron chi connectivity index (χ0n) is 25.1. The van der Waals surface area contributed by atoms with E-state index in [1.54, 1.807) is 0 Å². The van der Waals surface area contributed by atoms with Crippen LogP contribution < -0.4 is 21.6 Å². The number of benzene rings is 2.